The molecule has 1 rings (SSSR count). The molecule has 0 fully saturated rings. The molecule has 1 aromatic rings. The van der Waals surface area contributed by atoms with Crippen molar-refractivity contribution in [2.24, 2.45) is 7.05 Å². The van der Waals surface area contributed by atoms with Crippen molar-refractivity contribution in [2.75, 3.05) is 0 Å². The van der Waals surface area contributed by atoms with E-state index in [1.165, 1.54) is 0 Å². The van der Waals surface area contributed by atoms with E-state index in [1.807, 2.05) is 13.2 Å². The van der Waals surface area contributed by atoms with Crippen molar-refractivity contribution < 1.29 is 5.11 Å². The molecule has 0 spiro atoms. The Kier molecular flexibility index (Phi) is 1.99. The van der Waals surface area contributed by atoms with Gasteiger partial charge >= 0.3 is 0 Å². The number of hydrogen-bond donors (Lipinski definition) is 1. The highest BCUT2D eigenvalue weighted by Gasteiger charge is 2.17. The highest BCUT2D eigenvalue weighted by molar-refractivity contribution is 6.29. The van der Waals surface area contributed by atoms with Gasteiger partial charge in [-0.05, 0) is 19.9 Å². The minimum atomic E-state index is -0.801. The Labute approximate surface area is 71.4 Å². The van der Waals surface area contributed by atoms with Crippen molar-refractivity contribution in [3.05, 3.63) is 23.0 Å². The summed E-state index contributed by atoms with van der Waals surface area (Å²) in [5.74, 6) is 0. The Morgan fingerprint density at radius 2 is 2.09 bits per heavy atom. The summed E-state index contributed by atoms with van der Waals surface area (Å²) in [6.45, 7) is 3.47. The molecule has 0 unspecified atom stereocenters. The fraction of sp³-hybridized carbons (Fsp3) is 0.500. The second kappa shape index (κ2) is 2.54. The number of hydrogen-bond acceptors (Lipinski definition) is 1. The van der Waals surface area contributed by atoms with Crippen LogP contribution in [0.25, 0.3) is 0 Å². The van der Waals surface area contributed by atoms with E-state index in [4.69, 9.17) is 11.6 Å². The number of aliphatic hydroxyl groups is 1. The number of aromatic nitrogens is 1. The molecular formula is C8H12ClNO. The first-order valence-corrected chi connectivity index (χ1v) is 3.84. The molecule has 0 saturated carbocycles. The lowest BCUT2D eigenvalue weighted by atomic mass is 10.0. The SMILES string of the molecule is Cn1cc(C(C)(C)O)cc1Cl. The maximum absolute atomic E-state index is 9.55. The van der Waals surface area contributed by atoms with Crippen LogP contribution in [-0.2, 0) is 12.6 Å². The summed E-state index contributed by atoms with van der Waals surface area (Å²) in [4.78, 5) is 0. The predicted molar refractivity (Wildman–Crippen MR) is 45.7 cm³/mol. The molecule has 1 heterocycles. The lowest BCUT2D eigenvalue weighted by molar-refractivity contribution is 0.0786. The molecule has 0 aliphatic heterocycles. The van der Waals surface area contributed by atoms with E-state index in [9.17, 15) is 5.11 Å². The lowest BCUT2D eigenvalue weighted by Crippen LogP contribution is -2.14. The minimum Gasteiger partial charge on any atom is -0.386 e. The number of halogens is 1. The predicted octanol–water partition coefficient (Wildman–Crippen LogP) is 1.91. The Balaban J connectivity index is 3.08. The maximum atomic E-state index is 9.55. The normalized spacial score (nSPS) is 12.1. The first kappa shape index (κ1) is 8.62. The molecule has 0 amide bonds. The molecule has 3 heteroatoms. The smallest absolute Gasteiger partial charge is 0.108 e. The average molecular weight is 174 g/mol. The van der Waals surface area contributed by atoms with Gasteiger partial charge in [-0.25, -0.2) is 0 Å². The summed E-state index contributed by atoms with van der Waals surface area (Å²) in [5.41, 5.74) is 0.0373. The summed E-state index contributed by atoms with van der Waals surface area (Å²) in [7, 11) is 1.84. The van der Waals surface area contributed by atoms with Crippen molar-refractivity contribution in [1.29, 1.82) is 0 Å². The third-order valence-electron chi connectivity index (χ3n) is 1.65. The van der Waals surface area contributed by atoms with Gasteiger partial charge in [0.05, 0.1) is 5.60 Å². The Morgan fingerprint density at radius 1 is 1.55 bits per heavy atom. The van der Waals surface area contributed by atoms with Gasteiger partial charge in [-0.1, -0.05) is 11.6 Å². The van der Waals surface area contributed by atoms with E-state index in [0.717, 1.165) is 5.56 Å². The van der Waals surface area contributed by atoms with Gasteiger partial charge in [0.15, 0.2) is 0 Å². The monoisotopic (exact) mass is 173 g/mol. The topological polar surface area (TPSA) is 25.2 Å². The molecule has 2 nitrogen and oxygen atoms in total. The Hall–Kier alpha value is -0.470. The molecule has 0 saturated heterocycles. The second-order valence-electron chi connectivity index (χ2n) is 3.22. The van der Waals surface area contributed by atoms with Crippen molar-refractivity contribution in [3.8, 4) is 0 Å². The third-order valence-corrected chi connectivity index (χ3v) is 2.03. The standard InChI is InChI=1S/C8H12ClNO/c1-8(2,11)6-4-7(9)10(3)5-6/h4-5,11H,1-3H3. The van der Waals surface area contributed by atoms with Crippen LogP contribution < -0.4 is 0 Å². The van der Waals surface area contributed by atoms with Gasteiger partial charge in [-0.2, -0.15) is 0 Å². The van der Waals surface area contributed by atoms with E-state index in [-0.39, 0.29) is 0 Å². The van der Waals surface area contributed by atoms with Crippen LogP contribution in [-0.4, -0.2) is 9.67 Å². The molecule has 11 heavy (non-hydrogen) atoms. The molecule has 0 aliphatic rings. The third kappa shape index (κ3) is 1.76. The fourth-order valence-electron chi connectivity index (χ4n) is 0.872. The molecule has 0 radical (unpaired) electrons. The van der Waals surface area contributed by atoms with Gasteiger partial charge < -0.3 is 9.67 Å². The molecule has 1 aromatic heterocycles. The lowest BCUT2D eigenvalue weighted by Gasteiger charge is -2.14. The summed E-state index contributed by atoms with van der Waals surface area (Å²) in [5, 5.41) is 10.2. The van der Waals surface area contributed by atoms with Crippen LogP contribution in [0.2, 0.25) is 5.15 Å². The largest absolute Gasteiger partial charge is 0.386 e. The van der Waals surface area contributed by atoms with Crippen LogP contribution in [0, 0.1) is 0 Å². The quantitative estimate of drug-likeness (QED) is 0.690. The van der Waals surface area contributed by atoms with Crippen LogP contribution in [0.5, 0.6) is 0 Å². The summed E-state index contributed by atoms with van der Waals surface area (Å²) < 4.78 is 1.77. The molecule has 0 aromatic carbocycles. The van der Waals surface area contributed by atoms with Crippen LogP contribution >= 0.6 is 11.6 Å². The van der Waals surface area contributed by atoms with Gasteiger partial charge in [-0.15, -0.1) is 0 Å². The van der Waals surface area contributed by atoms with Crippen molar-refractivity contribution >= 4 is 11.6 Å². The van der Waals surface area contributed by atoms with Gasteiger partial charge in [0.2, 0.25) is 0 Å². The molecular weight excluding hydrogens is 162 g/mol. The van der Waals surface area contributed by atoms with Gasteiger partial charge in [-0.3, -0.25) is 0 Å². The minimum absolute atomic E-state index is 0.641. The molecule has 0 bridgehead atoms. The van der Waals surface area contributed by atoms with Crippen molar-refractivity contribution in [2.45, 2.75) is 19.4 Å². The summed E-state index contributed by atoms with van der Waals surface area (Å²) in [6.07, 6.45) is 1.82. The average Bonchev–Trinajstić information content (AvgIpc) is 2.11. The first-order chi connectivity index (χ1) is 4.91. The zero-order valence-corrected chi connectivity index (χ0v) is 7.68. The van der Waals surface area contributed by atoms with Gasteiger partial charge in [0.1, 0.15) is 5.15 Å². The van der Waals surface area contributed by atoms with Gasteiger partial charge in [0.25, 0.3) is 0 Å². The van der Waals surface area contributed by atoms with Crippen LogP contribution in [0.1, 0.15) is 19.4 Å². The number of nitrogens with zero attached hydrogens (tertiary/aromatic N) is 1. The molecule has 0 aliphatic carbocycles. The summed E-state index contributed by atoms with van der Waals surface area (Å²) >= 11 is 5.79. The van der Waals surface area contributed by atoms with Crippen LogP contribution in [0.3, 0.4) is 0 Å². The number of rotatable bonds is 1. The Bertz CT molecular complexity index is 240. The van der Waals surface area contributed by atoms with E-state index < -0.39 is 5.60 Å². The van der Waals surface area contributed by atoms with Crippen LogP contribution in [0.4, 0.5) is 0 Å². The van der Waals surface area contributed by atoms with E-state index in [1.54, 1.807) is 24.5 Å². The first-order valence-electron chi connectivity index (χ1n) is 3.46. The zero-order valence-electron chi connectivity index (χ0n) is 6.93. The highest BCUT2D eigenvalue weighted by Crippen LogP contribution is 2.23. The second-order valence-corrected chi connectivity index (χ2v) is 3.61. The van der Waals surface area contributed by atoms with Gasteiger partial charge in [0, 0.05) is 18.8 Å². The summed E-state index contributed by atoms with van der Waals surface area (Å²) in [6, 6.07) is 1.77. The zero-order chi connectivity index (χ0) is 8.65. The maximum Gasteiger partial charge on any atom is 0.108 e. The van der Waals surface area contributed by atoms with E-state index in [0.29, 0.717) is 5.15 Å². The van der Waals surface area contributed by atoms with Crippen molar-refractivity contribution in [1.82, 2.24) is 4.57 Å². The molecule has 0 atom stereocenters. The fourth-order valence-corrected chi connectivity index (χ4v) is 1.04. The van der Waals surface area contributed by atoms with E-state index in [2.05, 4.69) is 0 Å². The molecule has 62 valence electrons. The van der Waals surface area contributed by atoms with Crippen molar-refractivity contribution in [3.63, 3.8) is 0 Å². The van der Waals surface area contributed by atoms with Crippen LogP contribution in [0.15, 0.2) is 12.3 Å². The highest BCUT2D eigenvalue weighted by atomic mass is 35.5. The number of aryl methyl sites for hydroxylation is 1. The van der Waals surface area contributed by atoms with E-state index >= 15 is 0 Å². The molecule has 1 N–H and O–H groups in total. The Morgan fingerprint density at radius 3 is 2.27 bits per heavy atom.